The standard InChI is InChI=1S/C21H22N2O3/c1-14-6-3-4-7-17(14)12-23-13-18(11-20(23)25)21(26)22-19-9-5-8-16(10-19)15(2)24/h3-10,18H,11-13H2,1-2H3,(H,22,26). The van der Waals surface area contributed by atoms with Gasteiger partial charge in [-0.2, -0.15) is 0 Å². The van der Waals surface area contributed by atoms with E-state index in [9.17, 15) is 14.4 Å². The molecule has 1 saturated heterocycles. The van der Waals surface area contributed by atoms with E-state index in [1.54, 1.807) is 29.2 Å². The molecule has 5 nitrogen and oxygen atoms in total. The maximum absolute atomic E-state index is 12.5. The number of Topliss-reactive ketones (excluding diaryl/α,β-unsaturated/α-hetero) is 1. The second kappa shape index (κ2) is 7.52. The molecule has 2 aromatic rings. The molecule has 1 aliphatic heterocycles. The Labute approximate surface area is 153 Å². The van der Waals surface area contributed by atoms with E-state index < -0.39 is 0 Å². The Kier molecular flexibility index (Phi) is 5.16. The number of hydrogen-bond donors (Lipinski definition) is 1. The molecule has 1 unspecified atom stereocenters. The van der Waals surface area contributed by atoms with Crippen LogP contribution >= 0.6 is 0 Å². The number of likely N-dealkylation sites (tertiary alicyclic amines) is 1. The monoisotopic (exact) mass is 350 g/mol. The van der Waals surface area contributed by atoms with E-state index in [0.29, 0.717) is 24.3 Å². The zero-order chi connectivity index (χ0) is 18.7. The van der Waals surface area contributed by atoms with Gasteiger partial charge in [0.15, 0.2) is 5.78 Å². The second-order valence-electron chi connectivity index (χ2n) is 6.73. The van der Waals surface area contributed by atoms with Gasteiger partial charge in [0.05, 0.1) is 5.92 Å². The molecule has 1 atom stereocenters. The summed E-state index contributed by atoms with van der Waals surface area (Å²) in [5, 5.41) is 2.83. The van der Waals surface area contributed by atoms with Crippen LogP contribution in [0.2, 0.25) is 0 Å². The van der Waals surface area contributed by atoms with Gasteiger partial charge in [-0.05, 0) is 37.1 Å². The fourth-order valence-electron chi connectivity index (χ4n) is 3.15. The molecule has 0 spiro atoms. The Morgan fingerprint density at radius 1 is 1.15 bits per heavy atom. The number of carbonyl (C=O) groups excluding carboxylic acids is 3. The normalized spacial score (nSPS) is 16.6. The van der Waals surface area contributed by atoms with Crippen molar-refractivity contribution in [3.05, 3.63) is 65.2 Å². The smallest absolute Gasteiger partial charge is 0.229 e. The summed E-state index contributed by atoms with van der Waals surface area (Å²) in [6, 6.07) is 14.8. The first-order chi connectivity index (χ1) is 12.4. The summed E-state index contributed by atoms with van der Waals surface area (Å²) < 4.78 is 0. The van der Waals surface area contributed by atoms with Gasteiger partial charge in [-0.1, -0.05) is 36.4 Å². The lowest BCUT2D eigenvalue weighted by molar-refractivity contribution is -0.128. The van der Waals surface area contributed by atoms with E-state index in [1.807, 2.05) is 31.2 Å². The van der Waals surface area contributed by atoms with Gasteiger partial charge in [0.2, 0.25) is 11.8 Å². The van der Waals surface area contributed by atoms with Crippen LogP contribution in [-0.2, 0) is 16.1 Å². The minimum absolute atomic E-state index is 0.00844. The Hall–Kier alpha value is -2.95. The van der Waals surface area contributed by atoms with Crippen LogP contribution < -0.4 is 5.32 Å². The summed E-state index contributed by atoms with van der Waals surface area (Å²) in [5.74, 6) is -0.633. The van der Waals surface area contributed by atoms with E-state index in [0.717, 1.165) is 11.1 Å². The van der Waals surface area contributed by atoms with Crippen LogP contribution in [0.3, 0.4) is 0 Å². The van der Waals surface area contributed by atoms with E-state index in [2.05, 4.69) is 5.32 Å². The lowest BCUT2D eigenvalue weighted by Crippen LogP contribution is -2.28. The summed E-state index contributed by atoms with van der Waals surface area (Å²) in [5.41, 5.74) is 3.35. The zero-order valence-electron chi connectivity index (χ0n) is 15.0. The highest BCUT2D eigenvalue weighted by Gasteiger charge is 2.34. The van der Waals surface area contributed by atoms with Gasteiger partial charge in [-0.3, -0.25) is 14.4 Å². The van der Waals surface area contributed by atoms with Crippen molar-refractivity contribution in [1.82, 2.24) is 4.90 Å². The number of carbonyl (C=O) groups is 3. The van der Waals surface area contributed by atoms with Crippen molar-refractivity contribution >= 4 is 23.3 Å². The molecule has 5 heteroatoms. The topological polar surface area (TPSA) is 66.5 Å². The predicted molar refractivity (Wildman–Crippen MR) is 99.8 cm³/mol. The summed E-state index contributed by atoms with van der Waals surface area (Å²) in [4.78, 5) is 38.0. The third-order valence-electron chi connectivity index (χ3n) is 4.74. The van der Waals surface area contributed by atoms with Crippen LogP contribution in [-0.4, -0.2) is 29.0 Å². The van der Waals surface area contributed by atoms with Gasteiger partial charge < -0.3 is 10.2 Å². The largest absolute Gasteiger partial charge is 0.338 e. The van der Waals surface area contributed by atoms with Crippen molar-refractivity contribution in [2.45, 2.75) is 26.8 Å². The highest BCUT2D eigenvalue weighted by Crippen LogP contribution is 2.23. The number of amides is 2. The summed E-state index contributed by atoms with van der Waals surface area (Å²) in [6.07, 6.45) is 0.212. The molecule has 2 aromatic carbocycles. The molecule has 1 N–H and O–H groups in total. The fourth-order valence-corrected chi connectivity index (χ4v) is 3.15. The van der Waals surface area contributed by atoms with Crippen molar-refractivity contribution in [2.75, 3.05) is 11.9 Å². The molecule has 2 amide bonds. The van der Waals surface area contributed by atoms with Gasteiger partial charge in [0, 0.05) is 30.8 Å². The number of ketones is 1. The van der Waals surface area contributed by atoms with Gasteiger partial charge in [0.1, 0.15) is 0 Å². The Bertz CT molecular complexity index is 860. The lowest BCUT2D eigenvalue weighted by atomic mass is 10.1. The summed E-state index contributed by atoms with van der Waals surface area (Å²) in [7, 11) is 0. The van der Waals surface area contributed by atoms with E-state index in [-0.39, 0.29) is 29.9 Å². The van der Waals surface area contributed by atoms with Crippen LogP contribution in [0.15, 0.2) is 48.5 Å². The first-order valence-electron chi connectivity index (χ1n) is 8.68. The lowest BCUT2D eigenvalue weighted by Gasteiger charge is -2.18. The van der Waals surface area contributed by atoms with Gasteiger partial charge in [-0.25, -0.2) is 0 Å². The first-order valence-corrected chi connectivity index (χ1v) is 8.68. The maximum Gasteiger partial charge on any atom is 0.229 e. The van der Waals surface area contributed by atoms with Crippen molar-refractivity contribution < 1.29 is 14.4 Å². The van der Waals surface area contributed by atoms with Crippen LogP contribution in [0.25, 0.3) is 0 Å². The third-order valence-corrected chi connectivity index (χ3v) is 4.74. The summed E-state index contributed by atoms with van der Waals surface area (Å²) >= 11 is 0. The number of nitrogens with one attached hydrogen (secondary N) is 1. The van der Waals surface area contributed by atoms with E-state index in [1.165, 1.54) is 6.92 Å². The summed E-state index contributed by atoms with van der Waals surface area (Å²) in [6.45, 7) is 4.43. The van der Waals surface area contributed by atoms with E-state index in [4.69, 9.17) is 0 Å². The number of benzene rings is 2. The van der Waals surface area contributed by atoms with E-state index >= 15 is 0 Å². The molecule has 1 fully saturated rings. The highest BCUT2D eigenvalue weighted by molar-refractivity contribution is 5.99. The molecule has 134 valence electrons. The fraction of sp³-hybridized carbons (Fsp3) is 0.286. The second-order valence-corrected chi connectivity index (χ2v) is 6.73. The van der Waals surface area contributed by atoms with Crippen molar-refractivity contribution in [2.24, 2.45) is 5.92 Å². The highest BCUT2D eigenvalue weighted by atomic mass is 16.2. The molecule has 0 aliphatic carbocycles. The Morgan fingerprint density at radius 3 is 2.65 bits per heavy atom. The van der Waals surface area contributed by atoms with Crippen LogP contribution in [0.1, 0.15) is 34.8 Å². The molecule has 0 radical (unpaired) electrons. The maximum atomic E-state index is 12.5. The molecule has 0 saturated carbocycles. The minimum atomic E-state index is -0.382. The number of anilines is 1. The average Bonchev–Trinajstić information content (AvgIpc) is 2.98. The average molecular weight is 350 g/mol. The number of nitrogens with zero attached hydrogens (tertiary/aromatic N) is 1. The quantitative estimate of drug-likeness (QED) is 0.842. The number of aryl methyl sites for hydroxylation is 1. The molecule has 1 heterocycles. The van der Waals surface area contributed by atoms with Crippen molar-refractivity contribution in [1.29, 1.82) is 0 Å². The molecular weight excluding hydrogens is 328 g/mol. The number of rotatable bonds is 5. The third kappa shape index (κ3) is 3.99. The SMILES string of the molecule is CC(=O)c1cccc(NC(=O)C2CC(=O)N(Cc3ccccc3C)C2)c1. The first kappa shape index (κ1) is 17.9. The Morgan fingerprint density at radius 2 is 1.92 bits per heavy atom. The van der Waals surface area contributed by atoms with Gasteiger partial charge >= 0.3 is 0 Å². The van der Waals surface area contributed by atoms with Crippen LogP contribution in [0.5, 0.6) is 0 Å². The van der Waals surface area contributed by atoms with Crippen molar-refractivity contribution in [3.8, 4) is 0 Å². The number of hydrogen-bond acceptors (Lipinski definition) is 3. The molecular formula is C21H22N2O3. The molecule has 3 rings (SSSR count). The Balaban J connectivity index is 1.64. The van der Waals surface area contributed by atoms with Gasteiger partial charge in [0.25, 0.3) is 0 Å². The zero-order valence-corrected chi connectivity index (χ0v) is 15.0. The molecule has 0 aromatic heterocycles. The molecule has 1 aliphatic rings. The molecule has 26 heavy (non-hydrogen) atoms. The van der Waals surface area contributed by atoms with Crippen LogP contribution in [0, 0.1) is 12.8 Å². The predicted octanol–water partition coefficient (Wildman–Crippen LogP) is 3.18. The van der Waals surface area contributed by atoms with Gasteiger partial charge in [-0.15, -0.1) is 0 Å². The van der Waals surface area contributed by atoms with Crippen LogP contribution in [0.4, 0.5) is 5.69 Å². The van der Waals surface area contributed by atoms with Crippen molar-refractivity contribution in [3.63, 3.8) is 0 Å². The minimum Gasteiger partial charge on any atom is -0.338 e. The molecule has 0 bridgehead atoms.